The van der Waals surface area contributed by atoms with Crippen molar-refractivity contribution in [1.82, 2.24) is 10.3 Å². The molecule has 3 nitrogen and oxygen atoms in total. The summed E-state index contributed by atoms with van der Waals surface area (Å²) in [7, 11) is 0. The lowest BCUT2D eigenvalue weighted by Gasteiger charge is -2.17. The number of hydrogen-bond donors (Lipinski definition) is 2. The topological polar surface area (TPSA) is 44.9 Å². The molecule has 0 saturated heterocycles. The fourth-order valence-corrected chi connectivity index (χ4v) is 2.87. The zero-order chi connectivity index (χ0) is 11.0. The van der Waals surface area contributed by atoms with Crippen LogP contribution in [0, 0.1) is 17.8 Å². The largest absolute Gasteiger partial charge is 0.367 e. The van der Waals surface area contributed by atoms with Crippen LogP contribution >= 0.6 is 0 Å². The second-order valence-electron chi connectivity index (χ2n) is 4.82. The third kappa shape index (κ3) is 1.66. The molecule has 1 aromatic heterocycles. The van der Waals surface area contributed by atoms with Crippen molar-refractivity contribution in [1.29, 1.82) is 0 Å². The van der Waals surface area contributed by atoms with E-state index in [1.165, 1.54) is 6.42 Å². The molecule has 0 aromatic carbocycles. The molecule has 2 aliphatic carbocycles. The van der Waals surface area contributed by atoms with Crippen LogP contribution in [-0.2, 0) is 11.3 Å². The van der Waals surface area contributed by atoms with Crippen LogP contribution in [-0.4, -0.2) is 10.9 Å². The second kappa shape index (κ2) is 3.81. The summed E-state index contributed by atoms with van der Waals surface area (Å²) < 4.78 is 0. The minimum absolute atomic E-state index is 0.217. The predicted octanol–water partition coefficient (Wildman–Crippen LogP) is 1.84. The number of nitrogens with one attached hydrogen (secondary N) is 2. The third-order valence-corrected chi connectivity index (χ3v) is 3.74. The molecule has 3 unspecified atom stereocenters. The van der Waals surface area contributed by atoms with Crippen LogP contribution in [0.4, 0.5) is 0 Å². The Morgan fingerprint density at radius 2 is 2.38 bits per heavy atom. The van der Waals surface area contributed by atoms with Crippen LogP contribution in [0.15, 0.2) is 30.6 Å². The average molecular weight is 216 g/mol. The first-order valence-corrected chi connectivity index (χ1v) is 5.90. The van der Waals surface area contributed by atoms with Crippen LogP contribution in [0.2, 0.25) is 0 Å². The normalized spacial score (nSPS) is 30.9. The number of carbonyl (C=O) groups is 1. The standard InChI is InChI=1S/C13H16N2O/c16-13(15-8-10-3-4-14-7-10)12-6-9-1-2-11(12)5-9/h1-4,7,9,11-12,14H,5-6,8H2,(H,15,16). The zero-order valence-electron chi connectivity index (χ0n) is 9.15. The fourth-order valence-electron chi connectivity index (χ4n) is 2.87. The highest BCUT2D eigenvalue weighted by Crippen LogP contribution is 2.43. The average Bonchev–Trinajstić information content (AvgIpc) is 3.01. The SMILES string of the molecule is O=C(NCc1cc[nH]c1)C1CC2C=CC1C2. The molecule has 84 valence electrons. The van der Waals surface area contributed by atoms with Crippen molar-refractivity contribution in [2.45, 2.75) is 19.4 Å². The summed E-state index contributed by atoms with van der Waals surface area (Å²) in [5.41, 5.74) is 1.13. The molecule has 0 aliphatic heterocycles. The van der Waals surface area contributed by atoms with E-state index in [2.05, 4.69) is 22.5 Å². The molecule has 1 aromatic rings. The maximum atomic E-state index is 12.0. The van der Waals surface area contributed by atoms with E-state index in [1.54, 1.807) is 0 Å². The van der Waals surface area contributed by atoms with Crippen molar-refractivity contribution < 1.29 is 4.79 Å². The molecular weight excluding hydrogens is 200 g/mol. The Bertz CT molecular complexity index is 408. The van der Waals surface area contributed by atoms with Gasteiger partial charge in [-0.1, -0.05) is 12.2 Å². The molecule has 2 aliphatic rings. The van der Waals surface area contributed by atoms with E-state index in [-0.39, 0.29) is 11.8 Å². The van der Waals surface area contributed by atoms with E-state index in [4.69, 9.17) is 0 Å². The Hall–Kier alpha value is -1.51. The van der Waals surface area contributed by atoms with Gasteiger partial charge in [-0.05, 0) is 36.3 Å². The summed E-state index contributed by atoms with van der Waals surface area (Å²) in [5, 5.41) is 3.02. The summed E-state index contributed by atoms with van der Waals surface area (Å²) in [6.07, 6.45) is 10.5. The van der Waals surface area contributed by atoms with Gasteiger partial charge in [-0.25, -0.2) is 0 Å². The second-order valence-corrected chi connectivity index (χ2v) is 4.82. The Kier molecular flexibility index (Phi) is 2.31. The van der Waals surface area contributed by atoms with E-state index in [0.29, 0.717) is 18.4 Å². The quantitative estimate of drug-likeness (QED) is 0.744. The lowest BCUT2D eigenvalue weighted by atomic mass is 9.93. The van der Waals surface area contributed by atoms with Crippen molar-refractivity contribution in [3.63, 3.8) is 0 Å². The van der Waals surface area contributed by atoms with E-state index < -0.39 is 0 Å². The lowest BCUT2D eigenvalue weighted by molar-refractivity contribution is -0.125. The van der Waals surface area contributed by atoms with Gasteiger partial charge in [0.05, 0.1) is 0 Å². The van der Waals surface area contributed by atoms with Crippen molar-refractivity contribution in [2.75, 3.05) is 0 Å². The number of aromatic nitrogens is 1. The summed E-state index contributed by atoms with van der Waals surface area (Å²) in [4.78, 5) is 15.0. The van der Waals surface area contributed by atoms with Crippen LogP contribution < -0.4 is 5.32 Å². The van der Waals surface area contributed by atoms with Gasteiger partial charge in [-0.15, -0.1) is 0 Å². The Labute approximate surface area is 94.9 Å². The zero-order valence-corrected chi connectivity index (χ0v) is 9.15. The van der Waals surface area contributed by atoms with Crippen LogP contribution in [0.1, 0.15) is 18.4 Å². The molecule has 2 N–H and O–H groups in total. The van der Waals surface area contributed by atoms with Crippen molar-refractivity contribution in [3.8, 4) is 0 Å². The highest BCUT2D eigenvalue weighted by molar-refractivity contribution is 5.79. The minimum atomic E-state index is 0.217. The van der Waals surface area contributed by atoms with Crippen LogP contribution in [0.25, 0.3) is 0 Å². The van der Waals surface area contributed by atoms with E-state index in [1.807, 2.05) is 18.5 Å². The Morgan fingerprint density at radius 3 is 3.00 bits per heavy atom. The van der Waals surface area contributed by atoms with Crippen molar-refractivity contribution in [2.24, 2.45) is 17.8 Å². The molecule has 16 heavy (non-hydrogen) atoms. The molecule has 1 saturated carbocycles. The highest BCUT2D eigenvalue weighted by atomic mass is 16.1. The highest BCUT2D eigenvalue weighted by Gasteiger charge is 2.39. The van der Waals surface area contributed by atoms with Crippen LogP contribution in [0.5, 0.6) is 0 Å². The predicted molar refractivity (Wildman–Crippen MR) is 61.5 cm³/mol. The van der Waals surface area contributed by atoms with Gasteiger partial charge < -0.3 is 10.3 Å². The first-order valence-electron chi connectivity index (χ1n) is 5.90. The molecular formula is C13H16N2O. The molecule has 2 bridgehead atoms. The van der Waals surface area contributed by atoms with Gasteiger partial charge in [-0.3, -0.25) is 4.79 Å². The summed E-state index contributed by atoms with van der Waals surface area (Å²) in [6, 6.07) is 1.99. The number of amides is 1. The number of hydrogen-bond acceptors (Lipinski definition) is 1. The molecule has 1 fully saturated rings. The third-order valence-electron chi connectivity index (χ3n) is 3.74. The molecule has 0 spiro atoms. The van der Waals surface area contributed by atoms with Gasteiger partial charge in [0.25, 0.3) is 0 Å². The fraction of sp³-hybridized carbons (Fsp3) is 0.462. The first-order chi connectivity index (χ1) is 7.83. The maximum absolute atomic E-state index is 12.0. The summed E-state index contributed by atoms with van der Waals surface area (Å²) >= 11 is 0. The number of H-pyrrole nitrogens is 1. The van der Waals surface area contributed by atoms with Gasteiger partial charge in [0.1, 0.15) is 0 Å². The smallest absolute Gasteiger partial charge is 0.223 e. The Balaban J connectivity index is 1.56. The molecule has 1 amide bonds. The van der Waals surface area contributed by atoms with E-state index >= 15 is 0 Å². The van der Waals surface area contributed by atoms with Gasteiger partial charge in [0.2, 0.25) is 5.91 Å². The van der Waals surface area contributed by atoms with Crippen molar-refractivity contribution in [3.05, 3.63) is 36.2 Å². The van der Waals surface area contributed by atoms with Crippen LogP contribution in [0.3, 0.4) is 0 Å². The van der Waals surface area contributed by atoms with Gasteiger partial charge in [0.15, 0.2) is 0 Å². The molecule has 3 heteroatoms. The van der Waals surface area contributed by atoms with Crippen molar-refractivity contribution >= 4 is 5.91 Å². The number of allylic oxidation sites excluding steroid dienone is 2. The monoisotopic (exact) mass is 216 g/mol. The Morgan fingerprint density at radius 1 is 1.44 bits per heavy atom. The summed E-state index contributed by atoms with van der Waals surface area (Å²) in [5.74, 6) is 1.59. The summed E-state index contributed by atoms with van der Waals surface area (Å²) in [6.45, 7) is 0.639. The van der Waals surface area contributed by atoms with E-state index in [0.717, 1.165) is 12.0 Å². The van der Waals surface area contributed by atoms with Gasteiger partial charge >= 0.3 is 0 Å². The maximum Gasteiger partial charge on any atom is 0.223 e. The number of fused-ring (bicyclic) bond motifs is 2. The van der Waals surface area contributed by atoms with Gasteiger partial charge in [0, 0.05) is 24.9 Å². The number of carbonyl (C=O) groups excluding carboxylic acids is 1. The molecule has 3 rings (SSSR count). The number of rotatable bonds is 3. The molecule has 3 atom stereocenters. The first kappa shape index (κ1) is 9.70. The minimum Gasteiger partial charge on any atom is -0.367 e. The lowest BCUT2D eigenvalue weighted by Crippen LogP contribution is -2.32. The molecule has 1 heterocycles. The van der Waals surface area contributed by atoms with Gasteiger partial charge in [-0.2, -0.15) is 0 Å². The van der Waals surface area contributed by atoms with E-state index in [9.17, 15) is 4.79 Å². The number of aromatic amines is 1. The molecule has 0 radical (unpaired) electrons.